The Morgan fingerprint density at radius 1 is 1.07 bits per heavy atom. The molecule has 0 bridgehead atoms. The maximum Gasteiger partial charge on any atom is 0.272 e. The normalized spacial score (nSPS) is 11.1. The van der Waals surface area contributed by atoms with E-state index in [4.69, 9.17) is 4.42 Å². The van der Waals surface area contributed by atoms with Gasteiger partial charge < -0.3 is 4.42 Å². The molecule has 0 aliphatic carbocycles. The first-order chi connectivity index (χ1) is 13.2. The highest BCUT2D eigenvalue weighted by molar-refractivity contribution is 6.07. The number of hydrazone groups is 1. The van der Waals surface area contributed by atoms with E-state index in [2.05, 4.69) is 15.5 Å². The fraction of sp³-hybridized carbons (Fsp3) is 0.0455. The minimum atomic E-state index is -0.300. The molecule has 5 heteroatoms. The third kappa shape index (κ3) is 3.48. The highest BCUT2D eigenvalue weighted by atomic mass is 16.3. The van der Waals surface area contributed by atoms with Crippen molar-refractivity contribution in [2.24, 2.45) is 5.10 Å². The lowest BCUT2D eigenvalue weighted by atomic mass is 10.1. The van der Waals surface area contributed by atoms with Gasteiger partial charge in [0.2, 0.25) is 0 Å². The Kier molecular flexibility index (Phi) is 4.49. The standard InChI is InChI=1S/C22H17N3O2/c1-15-7-2-3-8-16(15)14-23-25-22(26)18-13-20(21-11-6-12-27-21)24-19-10-5-4-9-17(18)19/h2-14H,1H3,(H,25,26). The number of aryl methyl sites for hydroxylation is 1. The van der Waals surface area contributed by atoms with E-state index in [9.17, 15) is 4.79 Å². The maximum absolute atomic E-state index is 12.8. The van der Waals surface area contributed by atoms with Crippen molar-refractivity contribution in [1.29, 1.82) is 0 Å². The summed E-state index contributed by atoms with van der Waals surface area (Å²) in [5, 5.41) is 4.87. The van der Waals surface area contributed by atoms with Gasteiger partial charge in [0.05, 0.1) is 23.6 Å². The third-order valence-electron chi connectivity index (χ3n) is 4.29. The molecule has 0 atom stereocenters. The molecule has 0 saturated heterocycles. The molecule has 132 valence electrons. The molecule has 1 N–H and O–H groups in total. The first kappa shape index (κ1) is 16.7. The van der Waals surface area contributed by atoms with Gasteiger partial charge in [0.25, 0.3) is 5.91 Å². The Morgan fingerprint density at radius 3 is 2.70 bits per heavy atom. The number of hydrogen-bond acceptors (Lipinski definition) is 4. The van der Waals surface area contributed by atoms with Gasteiger partial charge in [-0.15, -0.1) is 0 Å². The zero-order valence-electron chi connectivity index (χ0n) is 14.7. The van der Waals surface area contributed by atoms with E-state index in [1.54, 1.807) is 24.6 Å². The zero-order chi connectivity index (χ0) is 18.6. The zero-order valence-corrected chi connectivity index (χ0v) is 14.7. The molecule has 2 aromatic carbocycles. The summed E-state index contributed by atoms with van der Waals surface area (Å²) in [4.78, 5) is 17.4. The molecular formula is C22H17N3O2. The number of aromatic nitrogens is 1. The number of benzene rings is 2. The number of hydrogen-bond donors (Lipinski definition) is 1. The van der Waals surface area contributed by atoms with Crippen LogP contribution in [0.15, 0.2) is 82.5 Å². The quantitative estimate of drug-likeness (QED) is 0.431. The van der Waals surface area contributed by atoms with E-state index in [-0.39, 0.29) is 5.91 Å². The number of carbonyl (C=O) groups is 1. The highest BCUT2D eigenvalue weighted by Crippen LogP contribution is 2.25. The number of fused-ring (bicyclic) bond motifs is 1. The molecule has 2 heterocycles. The molecule has 2 aromatic heterocycles. The Labute approximate surface area is 156 Å². The molecular weight excluding hydrogens is 338 g/mol. The first-order valence-electron chi connectivity index (χ1n) is 8.55. The molecule has 1 amide bonds. The number of carbonyl (C=O) groups excluding carboxylic acids is 1. The van der Waals surface area contributed by atoms with Gasteiger partial charge in [-0.05, 0) is 42.3 Å². The van der Waals surface area contributed by atoms with Crippen molar-refractivity contribution in [1.82, 2.24) is 10.4 Å². The molecule has 0 aliphatic rings. The molecule has 0 fully saturated rings. The second kappa shape index (κ2) is 7.25. The number of rotatable bonds is 4. The minimum absolute atomic E-state index is 0.300. The number of para-hydroxylation sites is 1. The summed E-state index contributed by atoms with van der Waals surface area (Å²) < 4.78 is 5.43. The average molecular weight is 355 g/mol. The summed E-state index contributed by atoms with van der Waals surface area (Å²) in [7, 11) is 0. The van der Waals surface area contributed by atoms with Crippen molar-refractivity contribution in [3.8, 4) is 11.5 Å². The molecule has 4 rings (SSSR count). The molecule has 0 spiro atoms. The Bertz CT molecular complexity index is 1130. The van der Waals surface area contributed by atoms with E-state index in [1.165, 1.54) is 0 Å². The van der Waals surface area contributed by atoms with Crippen LogP contribution in [0.5, 0.6) is 0 Å². The Balaban J connectivity index is 1.67. The predicted octanol–water partition coefficient (Wildman–Crippen LogP) is 4.57. The minimum Gasteiger partial charge on any atom is -0.463 e. The molecule has 4 aromatic rings. The maximum atomic E-state index is 12.8. The lowest BCUT2D eigenvalue weighted by Crippen LogP contribution is -2.18. The smallest absolute Gasteiger partial charge is 0.272 e. The van der Waals surface area contributed by atoms with Gasteiger partial charge in [0.1, 0.15) is 5.69 Å². The van der Waals surface area contributed by atoms with Crippen LogP contribution in [0.4, 0.5) is 0 Å². The van der Waals surface area contributed by atoms with Crippen LogP contribution in [0.25, 0.3) is 22.4 Å². The first-order valence-corrected chi connectivity index (χ1v) is 8.55. The van der Waals surface area contributed by atoms with Crippen LogP contribution in [0.1, 0.15) is 21.5 Å². The second-order valence-electron chi connectivity index (χ2n) is 6.11. The fourth-order valence-electron chi connectivity index (χ4n) is 2.87. The van der Waals surface area contributed by atoms with E-state index in [1.807, 2.05) is 61.5 Å². The largest absolute Gasteiger partial charge is 0.463 e. The second-order valence-corrected chi connectivity index (χ2v) is 6.11. The highest BCUT2D eigenvalue weighted by Gasteiger charge is 2.14. The van der Waals surface area contributed by atoms with Crippen molar-refractivity contribution < 1.29 is 9.21 Å². The van der Waals surface area contributed by atoms with Crippen molar-refractivity contribution in [3.63, 3.8) is 0 Å². The van der Waals surface area contributed by atoms with Gasteiger partial charge in [-0.1, -0.05) is 42.5 Å². The van der Waals surface area contributed by atoms with Crippen LogP contribution >= 0.6 is 0 Å². The molecule has 0 saturated carbocycles. The number of furan rings is 1. The van der Waals surface area contributed by atoms with Gasteiger partial charge in [-0.25, -0.2) is 10.4 Å². The molecule has 0 unspecified atom stereocenters. The monoisotopic (exact) mass is 355 g/mol. The van der Waals surface area contributed by atoms with E-state index < -0.39 is 0 Å². The summed E-state index contributed by atoms with van der Waals surface area (Å²) in [6.45, 7) is 2.00. The SMILES string of the molecule is Cc1ccccc1C=NNC(=O)c1cc(-c2ccco2)nc2ccccc12. The van der Waals surface area contributed by atoms with Crippen LogP contribution in [0.3, 0.4) is 0 Å². The van der Waals surface area contributed by atoms with Crippen LogP contribution in [-0.2, 0) is 0 Å². The molecule has 5 nitrogen and oxygen atoms in total. The lowest BCUT2D eigenvalue weighted by Gasteiger charge is -2.07. The van der Waals surface area contributed by atoms with Crippen molar-refractivity contribution in [3.05, 3.63) is 89.7 Å². The Morgan fingerprint density at radius 2 is 1.89 bits per heavy atom. The van der Waals surface area contributed by atoms with Crippen LogP contribution in [0.2, 0.25) is 0 Å². The number of nitrogens with zero attached hydrogens (tertiary/aromatic N) is 2. The summed E-state index contributed by atoms with van der Waals surface area (Å²) in [6, 6.07) is 20.7. The summed E-state index contributed by atoms with van der Waals surface area (Å²) in [5.41, 5.74) is 6.47. The van der Waals surface area contributed by atoms with E-state index in [0.29, 0.717) is 17.0 Å². The molecule has 27 heavy (non-hydrogen) atoms. The van der Waals surface area contributed by atoms with Crippen molar-refractivity contribution >= 4 is 23.0 Å². The van der Waals surface area contributed by atoms with Gasteiger partial charge >= 0.3 is 0 Å². The third-order valence-corrected chi connectivity index (χ3v) is 4.29. The number of amides is 1. The topological polar surface area (TPSA) is 67.5 Å². The fourth-order valence-corrected chi connectivity index (χ4v) is 2.87. The van der Waals surface area contributed by atoms with Gasteiger partial charge in [-0.3, -0.25) is 4.79 Å². The summed E-state index contributed by atoms with van der Waals surface area (Å²) in [6.07, 6.45) is 3.22. The van der Waals surface area contributed by atoms with Gasteiger partial charge in [0.15, 0.2) is 5.76 Å². The van der Waals surface area contributed by atoms with E-state index >= 15 is 0 Å². The summed E-state index contributed by atoms with van der Waals surface area (Å²) in [5.74, 6) is 0.310. The predicted molar refractivity (Wildman–Crippen MR) is 106 cm³/mol. The van der Waals surface area contributed by atoms with Crippen LogP contribution in [0, 0.1) is 6.92 Å². The summed E-state index contributed by atoms with van der Waals surface area (Å²) >= 11 is 0. The Hall–Kier alpha value is -3.73. The van der Waals surface area contributed by atoms with Crippen molar-refractivity contribution in [2.45, 2.75) is 6.92 Å². The van der Waals surface area contributed by atoms with E-state index in [0.717, 1.165) is 22.0 Å². The van der Waals surface area contributed by atoms with Gasteiger partial charge in [0, 0.05) is 5.39 Å². The number of nitrogens with one attached hydrogen (secondary N) is 1. The van der Waals surface area contributed by atoms with Crippen molar-refractivity contribution in [2.75, 3.05) is 0 Å². The van der Waals surface area contributed by atoms with Crippen LogP contribution in [-0.4, -0.2) is 17.1 Å². The molecule has 0 aliphatic heterocycles. The number of pyridine rings is 1. The van der Waals surface area contributed by atoms with Gasteiger partial charge in [-0.2, -0.15) is 5.10 Å². The average Bonchev–Trinajstić information content (AvgIpc) is 3.23. The van der Waals surface area contributed by atoms with Crippen LogP contribution < -0.4 is 5.43 Å². The lowest BCUT2D eigenvalue weighted by molar-refractivity contribution is 0.0956. The molecule has 0 radical (unpaired) electrons.